The van der Waals surface area contributed by atoms with Crippen LogP contribution < -0.4 is 5.32 Å². The molecule has 6 heteroatoms. The molecule has 1 fully saturated rings. The van der Waals surface area contributed by atoms with Gasteiger partial charge in [0, 0.05) is 16.9 Å². The summed E-state index contributed by atoms with van der Waals surface area (Å²) in [5.74, 6) is -2.38. The maximum atomic E-state index is 12.5. The molecule has 5 nitrogen and oxygen atoms in total. The topological polar surface area (TPSA) is 79.5 Å². The van der Waals surface area contributed by atoms with Crippen molar-refractivity contribution < 1.29 is 19.1 Å². The molecular weight excluding hydrogens is 294 g/mol. The van der Waals surface area contributed by atoms with Crippen LogP contribution in [0.2, 0.25) is 5.02 Å². The molecule has 110 valence electrons. The molecule has 1 aromatic carbocycles. The standard InChI is InChI=1S/C15H14ClNO4/c1-17-6-9-11(12(9)15(19)20)13(18)8-4-7-2-3-21-14(7)10(16)5-8/h2-5,9,11-12,17H,6H2,1H3,(H,19,20)/t9?,11-,12-/m0/s1. The Balaban J connectivity index is 1.91. The highest BCUT2D eigenvalue weighted by molar-refractivity contribution is 6.35. The number of carbonyl (C=O) groups excluding carboxylic acids is 1. The number of carboxylic acid groups (broad SMARTS) is 1. The number of ketones is 1. The normalized spacial score (nSPS) is 24.2. The van der Waals surface area contributed by atoms with Gasteiger partial charge in [-0.1, -0.05) is 11.6 Å². The van der Waals surface area contributed by atoms with Gasteiger partial charge in [0.05, 0.1) is 17.2 Å². The first-order chi connectivity index (χ1) is 10.0. The fourth-order valence-corrected chi connectivity index (χ4v) is 3.20. The van der Waals surface area contributed by atoms with Gasteiger partial charge in [-0.2, -0.15) is 0 Å². The quantitative estimate of drug-likeness (QED) is 0.829. The highest BCUT2D eigenvalue weighted by Crippen LogP contribution is 2.48. The van der Waals surface area contributed by atoms with Gasteiger partial charge in [0.2, 0.25) is 0 Å². The van der Waals surface area contributed by atoms with Crippen LogP contribution >= 0.6 is 11.6 Å². The number of rotatable bonds is 5. The van der Waals surface area contributed by atoms with Gasteiger partial charge in [0.15, 0.2) is 11.4 Å². The largest absolute Gasteiger partial charge is 0.481 e. The summed E-state index contributed by atoms with van der Waals surface area (Å²) in [6, 6.07) is 4.97. The summed E-state index contributed by atoms with van der Waals surface area (Å²) in [6.45, 7) is 0.509. The molecule has 2 N–H and O–H groups in total. The van der Waals surface area contributed by atoms with Gasteiger partial charge in [0.1, 0.15) is 0 Å². The van der Waals surface area contributed by atoms with E-state index in [1.54, 1.807) is 25.2 Å². The van der Waals surface area contributed by atoms with Gasteiger partial charge in [-0.3, -0.25) is 9.59 Å². The molecule has 1 heterocycles. The lowest BCUT2D eigenvalue weighted by Crippen LogP contribution is -2.13. The predicted octanol–water partition coefficient (Wildman–Crippen LogP) is 2.44. The van der Waals surface area contributed by atoms with E-state index in [2.05, 4.69) is 5.32 Å². The van der Waals surface area contributed by atoms with Crippen LogP contribution in [0.3, 0.4) is 0 Å². The van der Waals surface area contributed by atoms with Crippen molar-refractivity contribution in [2.45, 2.75) is 0 Å². The summed E-state index contributed by atoms with van der Waals surface area (Å²) in [7, 11) is 1.74. The first kappa shape index (κ1) is 14.1. The maximum Gasteiger partial charge on any atom is 0.307 e. The van der Waals surface area contributed by atoms with E-state index < -0.39 is 17.8 Å². The second kappa shape index (κ2) is 5.16. The number of aliphatic carboxylic acids is 1. The Morgan fingerprint density at radius 3 is 2.81 bits per heavy atom. The van der Waals surface area contributed by atoms with Crippen LogP contribution in [-0.2, 0) is 4.79 Å². The molecule has 3 rings (SSSR count). The van der Waals surface area contributed by atoms with Crippen LogP contribution in [0.1, 0.15) is 10.4 Å². The van der Waals surface area contributed by atoms with Crippen molar-refractivity contribution in [1.29, 1.82) is 0 Å². The Labute approximate surface area is 125 Å². The van der Waals surface area contributed by atoms with Crippen molar-refractivity contribution in [3.05, 3.63) is 35.0 Å². The highest BCUT2D eigenvalue weighted by atomic mass is 35.5. The molecule has 2 aromatic rings. The number of benzene rings is 1. The maximum absolute atomic E-state index is 12.5. The molecule has 1 aromatic heterocycles. The minimum Gasteiger partial charge on any atom is -0.481 e. The van der Waals surface area contributed by atoms with E-state index in [4.69, 9.17) is 16.0 Å². The van der Waals surface area contributed by atoms with E-state index in [-0.39, 0.29) is 11.7 Å². The Morgan fingerprint density at radius 2 is 2.14 bits per heavy atom. The van der Waals surface area contributed by atoms with E-state index in [0.717, 1.165) is 5.39 Å². The minimum absolute atomic E-state index is 0.168. The lowest BCUT2D eigenvalue weighted by Gasteiger charge is -2.02. The van der Waals surface area contributed by atoms with Crippen molar-refractivity contribution in [3.63, 3.8) is 0 Å². The van der Waals surface area contributed by atoms with E-state index in [0.29, 0.717) is 22.7 Å². The van der Waals surface area contributed by atoms with Gasteiger partial charge in [-0.15, -0.1) is 0 Å². The van der Waals surface area contributed by atoms with Gasteiger partial charge in [-0.25, -0.2) is 0 Å². The number of carbonyl (C=O) groups is 2. The zero-order chi connectivity index (χ0) is 15.1. The molecule has 0 radical (unpaired) electrons. The van der Waals surface area contributed by atoms with Crippen LogP contribution in [-0.4, -0.2) is 30.5 Å². The zero-order valence-electron chi connectivity index (χ0n) is 11.3. The third kappa shape index (κ3) is 2.32. The SMILES string of the molecule is CNCC1[C@H](C(=O)O)[C@H]1C(=O)c1cc(Cl)c2occc2c1. The monoisotopic (exact) mass is 307 g/mol. The molecule has 0 saturated heterocycles. The summed E-state index contributed by atoms with van der Waals surface area (Å²) in [5, 5.41) is 13.2. The van der Waals surface area contributed by atoms with Crippen molar-refractivity contribution in [3.8, 4) is 0 Å². The van der Waals surface area contributed by atoms with Crippen LogP contribution in [0.5, 0.6) is 0 Å². The molecular formula is C15H14ClNO4. The number of hydrogen-bond acceptors (Lipinski definition) is 4. The smallest absolute Gasteiger partial charge is 0.307 e. The van der Waals surface area contributed by atoms with E-state index in [9.17, 15) is 14.7 Å². The summed E-state index contributed by atoms with van der Waals surface area (Å²) in [5.41, 5.74) is 0.967. The van der Waals surface area contributed by atoms with Gasteiger partial charge < -0.3 is 14.8 Å². The van der Waals surface area contributed by atoms with Crippen LogP contribution in [0, 0.1) is 17.8 Å². The Hall–Kier alpha value is -1.85. The van der Waals surface area contributed by atoms with Crippen molar-refractivity contribution >= 4 is 34.3 Å². The highest BCUT2D eigenvalue weighted by Gasteiger charge is 2.58. The number of halogens is 1. The van der Waals surface area contributed by atoms with Gasteiger partial charge >= 0.3 is 5.97 Å². The average molecular weight is 308 g/mol. The predicted molar refractivity (Wildman–Crippen MR) is 77.6 cm³/mol. The molecule has 1 unspecified atom stereocenters. The molecule has 0 aliphatic heterocycles. The van der Waals surface area contributed by atoms with Crippen molar-refractivity contribution in [2.24, 2.45) is 17.8 Å². The molecule has 3 atom stereocenters. The lowest BCUT2D eigenvalue weighted by molar-refractivity contribution is -0.139. The van der Waals surface area contributed by atoms with E-state index in [1.807, 2.05) is 0 Å². The molecule has 21 heavy (non-hydrogen) atoms. The van der Waals surface area contributed by atoms with Crippen molar-refractivity contribution in [1.82, 2.24) is 5.32 Å². The number of furan rings is 1. The number of Topliss-reactive ketones (excluding diaryl/α,β-unsaturated/α-hetero) is 1. The summed E-state index contributed by atoms with van der Waals surface area (Å²) in [4.78, 5) is 23.8. The fourth-order valence-electron chi connectivity index (χ4n) is 2.93. The number of nitrogens with one attached hydrogen (secondary N) is 1. The molecule has 0 amide bonds. The Bertz CT molecular complexity index is 724. The number of hydrogen-bond donors (Lipinski definition) is 2. The Morgan fingerprint density at radius 1 is 1.38 bits per heavy atom. The lowest BCUT2D eigenvalue weighted by atomic mass is 10.0. The molecule has 1 saturated carbocycles. The van der Waals surface area contributed by atoms with Crippen LogP contribution in [0.4, 0.5) is 0 Å². The fraction of sp³-hybridized carbons (Fsp3) is 0.333. The van der Waals surface area contributed by atoms with Crippen molar-refractivity contribution in [2.75, 3.05) is 13.6 Å². The summed E-state index contributed by atoms with van der Waals surface area (Å²) >= 11 is 6.09. The molecule has 0 spiro atoms. The second-order valence-corrected chi connectivity index (χ2v) is 5.68. The first-order valence-corrected chi connectivity index (χ1v) is 7.00. The zero-order valence-corrected chi connectivity index (χ0v) is 12.1. The van der Waals surface area contributed by atoms with E-state index in [1.165, 1.54) is 6.26 Å². The summed E-state index contributed by atoms with van der Waals surface area (Å²) < 4.78 is 5.23. The van der Waals surface area contributed by atoms with Gasteiger partial charge in [0.25, 0.3) is 0 Å². The first-order valence-electron chi connectivity index (χ1n) is 6.63. The van der Waals surface area contributed by atoms with E-state index >= 15 is 0 Å². The van der Waals surface area contributed by atoms with Gasteiger partial charge in [-0.05, 0) is 37.7 Å². The third-order valence-corrected chi connectivity index (χ3v) is 4.27. The minimum atomic E-state index is -0.927. The average Bonchev–Trinajstić information content (AvgIpc) is 2.94. The third-order valence-electron chi connectivity index (χ3n) is 3.99. The number of carboxylic acids is 1. The second-order valence-electron chi connectivity index (χ2n) is 5.27. The molecule has 0 bridgehead atoms. The number of fused-ring (bicyclic) bond motifs is 1. The molecule has 1 aliphatic rings. The molecule has 1 aliphatic carbocycles. The summed E-state index contributed by atoms with van der Waals surface area (Å²) in [6.07, 6.45) is 1.51. The Kier molecular flexibility index (Phi) is 3.47. The van der Waals surface area contributed by atoms with Crippen LogP contribution in [0.15, 0.2) is 28.9 Å². The van der Waals surface area contributed by atoms with Crippen LogP contribution in [0.25, 0.3) is 11.0 Å².